The first kappa shape index (κ1) is 15.8. The summed E-state index contributed by atoms with van der Waals surface area (Å²) in [5.74, 6) is 0.894. The Labute approximate surface area is 117 Å². The number of unbranched alkanes of at least 4 members (excludes halogenated alkanes) is 4. The highest BCUT2D eigenvalue weighted by atomic mass is 16.5. The van der Waals surface area contributed by atoms with Gasteiger partial charge in [0.1, 0.15) is 12.4 Å². The number of methoxy groups -OCH3 is 1. The lowest BCUT2D eigenvalue weighted by atomic mass is 10.1. The van der Waals surface area contributed by atoms with E-state index in [1.54, 1.807) is 7.11 Å². The minimum Gasteiger partial charge on any atom is -0.491 e. The topological polar surface area (TPSA) is 30.5 Å². The lowest BCUT2D eigenvalue weighted by Crippen LogP contribution is -2.04. The summed E-state index contributed by atoms with van der Waals surface area (Å²) in [6.45, 7) is 4.51. The van der Waals surface area contributed by atoms with E-state index in [2.05, 4.69) is 24.4 Å². The number of benzene rings is 1. The zero-order valence-corrected chi connectivity index (χ0v) is 12.3. The summed E-state index contributed by atoms with van der Waals surface area (Å²) >= 11 is 0. The van der Waals surface area contributed by atoms with Crippen molar-refractivity contribution in [3.63, 3.8) is 0 Å². The van der Waals surface area contributed by atoms with Crippen LogP contribution in [-0.4, -0.2) is 26.9 Å². The molecule has 19 heavy (non-hydrogen) atoms. The first-order chi connectivity index (χ1) is 9.36. The fraction of sp³-hybridized carbons (Fsp3) is 0.625. The molecule has 108 valence electrons. The molecular formula is C16H27NO2. The van der Waals surface area contributed by atoms with Crippen LogP contribution < -0.4 is 10.1 Å². The number of ether oxygens (including phenoxy) is 2. The molecule has 0 aliphatic rings. The molecule has 1 rings (SSSR count). The third kappa shape index (κ3) is 7.73. The van der Waals surface area contributed by atoms with Crippen LogP contribution in [0.1, 0.15) is 39.0 Å². The van der Waals surface area contributed by atoms with E-state index in [1.165, 1.54) is 32.1 Å². The molecule has 0 bridgehead atoms. The van der Waals surface area contributed by atoms with Crippen molar-refractivity contribution in [2.75, 3.05) is 32.2 Å². The van der Waals surface area contributed by atoms with Crippen LogP contribution in [0.2, 0.25) is 0 Å². The van der Waals surface area contributed by atoms with E-state index in [0.717, 1.165) is 18.0 Å². The van der Waals surface area contributed by atoms with Crippen molar-refractivity contribution in [2.45, 2.75) is 39.0 Å². The van der Waals surface area contributed by atoms with Crippen molar-refractivity contribution in [1.29, 1.82) is 0 Å². The molecule has 0 aliphatic carbocycles. The molecule has 1 N–H and O–H groups in total. The van der Waals surface area contributed by atoms with E-state index in [9.17, 15) is 0 Å². The van der Waals surface area contributed by atoms with Crippen molar-refractivity contribution in [3.8, 4) is 5.75 Å². The molecule has 0 saturated carbocycles. The SMILES string of the molecule is CCCCCCCNc1ccc(OCCOC)cc1. The Balaban J connectivity index is 2.13. The van der Waals surface area contributed by atoms with Gasteiger partial charge in [0.25, 0.3) is 0 Å². The molecule has 0 unspecified atom stereocenters. The predicted molar refractivity (Wildman–Crippen MR) is 81.1 cm³/mol. The summed E-state index contributed by atoms with van der Waals surface area (Å²) in [6.07, 6.45) is 6.57. The van der Waals surface area contributed by atoms with Crippen molar-refractivity contribution >= 4 is 5.69 Å². The summed E-state index contributed by atoms with van der Waals surface area (Å²) in [5, 5.41) is 3.44. The molecule has 0 aromatic heterocycles. The highest BCUT2D eigenvalue weighted by molar-refractivity contribution is 5.46. The van der Waals surface area contributed by atoms with Crippen LogP contribution in [0, 0.1) is 0 Å². The van der Waals surface area contributed by atoms with Gasteiger partial charge in [-0.05, 0) is 30.7 Å². The van der Waals surface area contributed by atoms with Gasteiger partial charge in [-0.2, -0.15) is 0 Å². The van der Waals surface area contributed by atoms with E-state index in [1.807, 2.05) is 12.1 Å². The molecule has 0 spiro atoms. The zero-order valence-electron chi connectivity index (χ0n) is 12.3. The Hall–Kier alpha value is -1.22. The van der Waals surface area contributed by atoms with Gasteiger partial charge in [0.15, 0.2) is 0 Å². The fourth-order valence-corrected chi connectivity index (χ4v) is 1.87. The van der Waals surface area contributed by atoms with Crippen LogP contribution in [0.5, 0.6) is 5.75 Å². The molecule has 0 atom stereocenters. The lowest BCUT2D eigenvalue weighted by molar-refractivity contribution is 0.146. The first-order valence-corrected chi connectivity index (χ1v) is 7.32. The Kier molecular flexibility index (Phi) is 8.90. The summed E-state index contributed by atoms with van der Waals surface area (Å²) in [6, 6.07) is 8.12. The van der Waals surface area contributed by atoms with Crippen LogP contribution >= 0.6 is 0 Å². The maximum absolute atomic E-state index is 5.52. The van der Waals surface area contributed by atoms with Gasteiger partial charge in [-0.15, -0.1) is 0 Å². The average Bonchev–Trinajstić information content (AvgIpc) is 2.44. The molecule has 0 aliphatic heterocycles. The van der Waals surface area contributed by atoms with Crippen molar-refractivity contribution in [3.05, 3.63) is 24.3 Å². The van der Waals surface area contributed by atoms with Gasteiger partial charge in [0, 0.05) is 19.3 Å². The Bertz CT molecular complexity index is 311. The fourth-order valence-electron chi connectivity index (χ4n) is 1.87. The lowest BCUT2D eigenvalue weighted by Gasteiger charge is -2.08. The van der Waals surface area contributed by atoms with Gasteiger partial charge in [-0.25, -0.2) is 0 Å². The highest BCUT2D eigenvalue weighted by Crippen LogP contribution is 2.15. The zero-order chi connectivity index (χ0) is 13.8. The molecule has 1 aromatic carbocycles. The summed E-state index contributed by atoms with van der Waals surface area (Å²) in [7, 11) is 1.68. The summed E-state index contributed by atoms with van der Waals surface area (Å²) in [5.41, 5.74) is 1.16. The molecule has 0 heterocycles. The number of hydrogen-bond donors (Lipinski definition) is 1. The van der Waals surface area contributed by atoms with E-state index in [4.69, 9.17) is 9.47 Å². The van der Waals surface area contributed by atoms with Gasteiger partial charge in [-0.1, -0.05) is 32.6 Å². The normalized spacial score (nSPS) is 10.4. The molecule has 0 amide bonds. The van der Waals surface area contributed by atoms with Gasteiger partial charge in [0.2, 0.25) is 0 Å². The monoisotopic (exact) mass is 265 g/mol. The molecule has 0 fully saturated rings. The van der Waals surface area contributed by atoms with Crippen LogP contribution in [-0.2, 0) is 4.74 Å². The second kappa shape index (κ2) is 10.7. The van der Waals surface area contributed by atoms with Crippen LogP contribution in [0.3, 0.4) is 0 Å². The molecule has 0 saturated heterocycles. The third-order valence-corrected chi connectivity index (χ3v) is 3.02. The van der Waals surface area contributed by atoms with E-state index >= 15 is 0 Å². The second-order valence-corrected chi connectivity index (χ2v) is 4.71. The Morgan fingerprint density at radius 1 is 0.947 bits per heavy atom. The molecule has 1 aromatic rings. The number of anilines is 1. The largest absolute Gasteiger partial charge is 0.491 e. The quantitative estimate of drug-likeness (QED) is 0.611. The molecule has 3 nitrogen and oxygen atoms in total. The maximum Gasteiger partial charge on any atom is 0.119 e. The minimum atomic E-state index is 0.598. The van der Waals surface area contributed by atoms with Crippen LogP contribution in [0.25, 0.3) is 0 Å². The number of hydrogen-bond acceptors (Lipinski definition) is 3. The van der Waals surface area contributed by atoms with E-state index in [-0.39, 0.29) is 0 Å². The molecular weight excluding hydrogens is 238 g/mol. The number of rotatable bonds is 11. The van der Waals surface area contributed by atoms with Gasteiger partial charge < -0.3 is 14.8 Å². The van der Waals surface area contributed by atoms with Crippen molar-refractivity contribution in [1.82, 2.24) is 0 Å². The first-order valence-electron chi connectivity index (χ1n) is 7.32. The highest BCUT2D eigenvalue weighted by Gasteiger charge is 1.95. The Morgan fingerprint density at radius 3 is 2.37 bits per heavy atom. The molecule has 0 radical (unpaired) electrons. The second-order valence-electron chi connectivity index (χ2n) is 4.71. The third-order valence-electron chi connectivity index (χ3n) is 3.02. The average molecular weight is 265 g/mol. The van der Waals surface area contributed by atoms with E-state index < -0.39 is 0 Å². The predicted octanol–water partition coefficient (Wildman–Crippen LogP) is 4.09. The minimum absolute atomic E-state index is 0.598. The van der Waals surface area contributed by atoms with Crippen LogP contribution in [0.15, 0.2) is 24.3 Å². The van der Waals surface area contributed by atoms with Crippen molar-refractivity contribution in [2.24, 2.45) is 0 Å². The van der Waals surface area contributed by atoms with Gasteiger partial charge >= 0.3 is 0 Å². The van der Waals surface area contributed by atoms with Crippen molar-refractivity contribution < 1.29 is 9.47 Å². The standard InChI is InChI=1S/C16H27NO2/c1-3-4-5-6-7-12-17-15-8-10-16(11-9-15)19-14-13-18-2/h8-11,17H,3-7,12-14H2,1-2H3. The molecule has 3 heteroatoms. The smallest absolute Gasteiger partial charge is 0.119 e. The maximum atomic E-state index is 5.52. The summed E-state index contributed by atoms with van der Waals surface area (Å²) < 4.78 is 10.5. The van der Waals surface area contributed by atoms with Gasteiger partial charge in [-0.3, -0.25) is 0 Å². The van der Waals surface area contributed by atoms with E-state index in [0.29, 0.717) is 13.2 Å². The number of nitrogens with one attached hydrogen (secondary N) is 1. The van der Waals surface area contributed by atoms with Crippen LogP contribution in [0.4, 0.5) is 5.69 Å². The Morgan fingerprint density at radius 2 is 1.68 bits per heavy atom. The summed E-state index contributed by atoms with van der Waals surface area (Å²) in [4.78, 5) is 0. The van der Waals surface area contributed by atoms with Gasteiger partial charge in [0.05, 0.1) is 6.61 Å².